The van der Waals surface area contributed by atoms with Crippen LogP contribution < -0.4 is 5.56 Å². The van der Waals surface area contributed by atoms with E-state index < -0.39 is 0 Å². The van der Waals surface area contributed by atoms with E-state index >= 15 is 0 Å². The van der Waals surface area contributed by atoms with Crippen LogP contribution in [0.5, 0.6) is 0 Å². The van der Waals surface area contributed by atoms with E-state index in [0.29, 0.717) is 29.0 Å². The van der Waals surface area contributed by atoms with Gasteiger partial charge >= 0.3 is 0 Å². The first kappa shape index (κ1) is 15.3. The van der Waals surface area contributed by atoms with E-state index in [2.05, 4.69) is 15.1 Å². The molecule has 4 rings (SSSR count). The fourth-order valence-electron chi connectivity index (χ4n) is 2.74. The number of aryl methyl sites for hydroxylation is 1. The third-order valence-electron chi connectivity index (χ3n) is 4.00. The van der Waals surface area contributed by atoms with Gasteiger partial charge in [-0.15, -0.1) is 0 Å². The molecule has 0 aliphatic carbocycles. The monoisotopic (exact) mass is 332 g/mol. The van der Waals surface area contributed by atoms with Crippen LogP contribution in [0, 0.1) is 6.92 Å². The van der Waals surface area contributed by atoms with Gasteiger partial charge in [0.05, 0.1) is 17.2 Å². The number of hydrogen-bond donors (Lipinski definition) is 0. The summed E-state index contributed by atoms with van der Waals surface area (Å²) in [6.45, 7) is 2.15. The molecule has 6 heteroatoms. The van der Waals surface area contributed by atoms with Crippen LogP contribution in [0.25, 0.3) is 10.9 Å². The quantitative estimate of drug-likeness (QED) is 0.574. The van der Waals surface area contributed by atoms with Gasteiger partial charge in [0, 0.05) is 6.42 Å². The Morgan fingerprint density at radius 2 is 1.96 bits per heavy atom. The predicted octanol–water partition coefficient (Wildman–Crippen LogP) is 2.73. The average Bonchev–Trinajstić information content (AvgIpc) is 3.06. The lowest BCUT2D eigenvalue weighted by molar-refractivity contribution is 0.365. The zero-order valence-corrected chi connectivity index (χ0v) is 13.7. The van der Waals surface area contributed by atoms with Gasteiger partial charge in [0.25, 0.3) is 5.56 Å². The zero-order chi connectivity index (χ0) is 17.2. The first-order valence-corrected chi connectivity index (χ1v) is 8.00. The molecule has 0 aliphatic rings. The van der Waals surface area contributed by atoms with E-state index in [9.17, 15) is 4.79 Å². The highest BCUT2D eigenvalue weighted by Crippen LogP contribution is 2.10. The summed E-state index contributed by atoms with van der Waals surface area (Å²) in [5, 5.41) is 4.58. The van der Waals surface area contributed by atoms with E-state index in [4.69, 9.17) is 4.52 Å². The fraction of sp³-hybridized carbons (Fsp3) is 0.158. The molecule has 0 radical (unpaired) electrons. The molecule has 124 valence electrons. The molecule has 0 atom stereocenters. The van der Waals surface area contributed by atoms with Crippen LogP contribution in [-0.2, 0) is 13.0 Å². The molecule has 2 aromatic heterocycles. The second-order valence-corrected chi connectivity index (χ2v) is 5.96. The van der Waals surface area contributed by atoms with Crippen molar-refractivity contribution in [2.75, 3.05) is 0 Å². The summed E-state index contributed by atoms with van der Waals surface area (Å²) in [7, 11) is 0. The Balaban J connectivity index is 1.59. The number of hydrogen-bond acceptors (Lipinski definition) is 5. The second kappa shape index (κ2) is 6.32. The number of aromatic nitrogens is 4. The molecular weight excluding hydrogens is 316 g/mol. The molecule has 0 fully saturated rings. The number of benzene rings is 2. The second-order valence-electron chi connectivity index (χ2n) is 5.96. The molecular formula is C19H16N4O2. The summed E-state index contributed by atoms with van der Waals surface area (Å²) in [6, 6.07) is 15.6. The number of fused-ring (bicyclic) bond motifs is 1. The van der Waals surface area contributed by atoms with Crippen LogP contribution in [0.4, 0.5) is 0 Å². The molecule has 0 N–H and O–H groups in total. The van der Waals surface area contributed by atoms with Gasteiger partial charge < -0.3 is 4.52 Å². The van der Waals surface area contributed by atoms with Crippen LogP contribution in [-0.4, -0.2) is 19.7 Å². The van der Waals surface area contributed by atoms with E-state index in [1.54, 1.807) is 0 Å². The largest absolute Gasteiger partial charge is 0.337 e. The third-order valence-corrected chi connectivity index (χ3v) is 4.00. The van der Waals surface area contributed by atoms with Crippen LogP contribution in [0.15, 0.2) is 64.2 Å². The SMILES string of the molecule is Cc1ccc2ncn(Cc3nc(Cc4ccccc4)no3)c(=O)c2c1. The molecule has 2 heterocycles. The molecule has 0 spiro atoms. The zero-order valence-electron chi connectivity index (χ0n) is 13.7. The van der Waals surface area contributed by atoms with Gasteiger partial charge in [0.1, 0.15) is 6.54 Å². The van der Waals surface area contributed by atoms with Crippen molar-refractivity contribution in [2.45, 2.75) is 19.9 Å². The summed E-state index contributed by atoms with van der Waals surface area (Å²) < 4.78 is 6.77. The normalized spacial score (nSPS) is 11.1. The molecule has 0 saturated heterocycles. The van der Waals surface area contributed by atoms with Crippen molar-refractivity contribution in [3.63, 3.8) is 0 Å². The van der Waals surface area contributed by atoms with Gasteiger partial charge in [-0.2, -0.15) is 4.98 Å². The van der Waals surface area contributed by atoms with Crippen molar-refractivity contribution < 1.29 is 4.52 Å². The van der Waals surface area contributed by atoms with E-state index in [1.165, 1.54) is 10.9 Å². The van der Waals surface area contributed by atoms with Gasteiger partial charge in [-0.3, -0.25) is 9.36 Å². The van der Waals surface area contributed by atoms with E-state index in [0.717, 1.165) is 11.1 Å². The minimum Gasteiger partial charge on any atom is -0.337 e. The standard InChI is InChI=1S/C19H16N4O2/c1-13-7-8-16-15(9-13)19(24)23(12-20-16)11-18-21-17(22-25-18)10-14-5-3-2-4-6-14/h2-9,12H,10-11H2,1H3. The summed E-state index contributed by atoms with van der Waals surface area (Å²) in [5.41, 5.74) is 2.70. The molecule has 0 aliphatic heterocycles. The molecule has 6 nitrogen and oxygen atoms in total. The lowest BCUT2D eigenvalue weighted by Crippen LogP contribution is -2.21. The number of rotatable bonds is 4. The molecule has 25 heavy (non-hydrogen) atoms. The number of nitrogens with zero attached hydrogens (tertiary/aromatic N) is 4. The van der Waals surface area contributed by atoms with Crippen molar-refractivity contribution in [3.05, 3.63) is 88.1 Å². The van der Waals surface area contributed by atoms with Gasteiger partial charge in [0.2, 0.25) is 5.89 Å². The molecule has 2 aromatic carbocycles. The van der Waals surface area contributed by atoms with Crippen LogP contribution in [0.2, 0.25) is 0 Å². The fourth-order valence-corrected chi connectivity index (χ4v) is 2.74. The highest BCUT2D eigenvalue weighted by atomic mass is 16.5. The summed E-state index contributed by atoms with van der Waals surface area (Å²) in [6.07, 6.45) is 2.11. The molecule has 0 saturated carbocycles. The lowest BCUT2D eigenvalue weighted by Gasteiger charge is -2.04. The first-order valence-electron chi connectivity index (χ1n) is 8.00. The van der Waals surface area contributed by atoms with Gasteiger partial charge in [-0.1, -0.05) is 47.1 Å². The predicted molar refractivity (Wildman–Crippen MR) is 93.4 cm³/mol. The van der Waals surface area contributed by atoms with Crippen LogP contribution in [0.1, 0.15) is 22.8 Å². The lowest BCUT2D eigenvalue weighted by atomic mass is 10.1. The summed E-state index contributed by atoms with van der Waals surface area (Å²) >= 11 is 0. The van der Waals surface area contributed by atoms with Gasteiger partial charge in [-0.25, -0.2) is 4.98 Å². The average molecular weight is 332 g/mol. The Bertz CT molecular complexity index is 1080. The van der Waals surface area contributed by atoms with E-state index in [1.807, 2.05) is 55.5 Å². The summed E-state index contributed by atoms with van der Waals surface area (Å²) in [4.78, 5) is 21.3. The highest BCUT2D eigenvalue weighted by molar-refractivity contribution is 5.77. The first-order chi connectivity index (χ1) is 12.2. The summed E-state index contributed by atoms with van der Waals surface area (Å²) in [5.74, 6) is 0.987. The van der Waals surface area contributed by atoms with Crippen molar-refractivity contribution in [1.29, 1.82) is 0 Å². The molecule has 0 amide bonds. The Morgan fingerprint density at radius 1 is 1.12 bits per heavy atom. The highest BCUT2D eigenvalue weighted by Gasteiger charge is 2.10. The van der Waals surface area contributed by atoms with Crippen LogP contribution in [0.3, 0.4) is 0 Å². The molecule has 0 bridgehead atoms. The van der Waals surface area contributed by atoms with Crippen LogP contribution >= 0.6 is 0 Å². The topological polar surface area (TPSA) is 73.8 Å². The van der Waals surface area contributed by atoms with Crippen molar-refractivity contribution in [2.24, 2.45) is 0 Å². The maximum absolute atomic E-state index is 12.6. The Morgan fingerprint density at radius 3 is 2.80 bits per heavy atom. The van der Waals surface area contributed by atoms with E-state index in [-0.39, 0.29) is 12.1 Å². The Labute approximate surface area is 143 Å². The Kier molecular flexibility index (Phi) is 3.85. The smallest absolute Gasteiger partial charge is 0.261 e. The molecule has 4 aromatic rings. The minimum absolute atomic E-state index is 0.114. The maximum Gasteiger partial charge on any atom is 0.261 e. The third kappa shape index (κ3) is 3.19. The maximum atomic E-state index is 12.6. The Hall–Kier alpha value is -3.28. The van der Waals surface area contributed by atoms with Crippen molar-refractivity contribution in [3.8, 4) is 0 Å². The minimum atomic E-state index is -0.114. The van der Waals surface area contributed by atoms with Gasteiger partial charge in [0.15, 0.2) is 5.82 Å². The molecule has 0 unspecified atom stereocenters. The van der Waals surface area contributed by atoms with Gasteiger partial charge in [-0.05, 0) is 24.6 Å². The van der Waals surface area contributed by atoms with Crippen molar-refractivity contribution in [1.82, 2.24) is 19.7 Å². The van der Waals surface area contributed by atoms with Crippen molar-refractivity contribution >= 4 is 10.9 Å².